The predicted molar refractivity (Wildman–Crippen MR) is 79.2 cm³/mol. The molecular formula is C12H10BrCl2NS. The Labute approximate surface area is 123 Å². The van der Waals surface area contributed by atoms with E-state index in [0.29, 0.717) is 10.0 Å². The Morgan fingerprint density at radius 2 is 1.94 bits per heavy atom. The van der Waals surface area contributed by atoms with Crippen molar-refractivity contribution in [2.45, 2.75) is 13.0 Å². The summed E-state index contributed by atoms with van der Waals surface area (Å²) < 4.78 is 0.896. The second kappa shape index (κ2) is 5.29. The third kappa shape index (κ3) is 2.85. The molecule has 0 bridgehead atoms. The number of benzene rings is 1. The molecule has 2 N–H and O–H groups in total. The van der Waals surface area contributed by atoms with Gasteiger partial charge in [0.15, 0.2) is 0 Å². The second-order valence-electron chi connectivity index (χ2n) is 3.77. The van der Waals surface area contributed by atoms with Gasteiger partial charge in [0, 0.05) is 9.90 Å². The maximum absolute atomic E-state index is 6.20. The van der Waals surface area contributed by atoms with Crippen LogP contribution in [0.1, 0.15) is 22.0 Å². The van der Waals surface area contributed by atoms with Crippen molar-refractivity contribution in [1.82, 2.24) is 0 Å². The van der Waals surface area contributed by atoms with E-state index in [4.69, 9.17) is 28.9 Å². The first-order valence-corrected chi connectivity index (χ1v) is 7.32. The van der Waals surface area contributed by atoms with Crippen LogP contribution in [-0.2, 0) is 0 Å². The zero-order valence-electron chi connectivity index (χ0n) is 9.01. The summed E-state index contributed by atoms with van der Waals surface area (Å²) in [6.45, 7) is 2.00. The maximum atomic E-state index is 6.20. The lowest BCUT2D eigenvalue weighted by atomic mass is 10.0. The molecule has 0 saturated heterocycles. The molecule has 0 fully saturated rings. The molecule has 1 heterocycles. The molecule has 0 aliphatic carbocycles. The number of halogens is 3. The number of rotatable bonds is 2. The molecule has 0 radical (unpaired) electrons. The van der Waals surface area contributed by atoms with Crippen LogP contribution in [0.2, 0.25) is 10.0 Å². The average molecular weight is 351 g/mol. The molecule has 0 aliphatic heterocycles. The van der Waals surface area contributed by atoms with Gasteiger partial charge in [0.1, 0.15) is 0 Å². The highest BCUT2D eigenvalue weighted by atomic mass is 79.9. The van der Waals surface area contributed by atoms with Crippen molar-refractivity contribution in [2.75, 3.05) is 0 Å². The zero-order valence-corrected chi connectivity index (χ0v) is 12.9. The molecule has 2 aromatic rings. The summed E-state index contributed by atoms with van der Waals surface area (Å²) in [4.78, 5) is 0.993. The Bertz CT molecular complexity index is 534. The topological polar surface area (TPSA) is 26.0 Å². The highest BCUT2D eigenvalue weighted by Gasteiger charge is 2.16. The van der Waals surface area contributed by atoms with Gasteiger partial charge in [-0.3, -0.25) is 0 Å². The van der Waals surface area contributed by atoms with Crippen molar-refractivity contribution in [1.29, 1.82) is 0 Å². The van der Waals surface area contributed by atoms with Crippen molar-refractivity contribution in [3.05, 3.63) is 54.1 Å². The summed E-state index contributed by atoms with van der Waals surface area (Å²) in [5.74, 6) is 0. The number of nitrogens with two attached hydrogens (primary N) is 1. The number of thiophene rings is 1. The van der Waals surface area contributed by atoms with E-state index in [2.05, 4.69) is 15.9 Å². The van der Waals surface area contributed by atoms with Gasteiger partial charge in [0.2, 0.25) is 0 Å². The van der Waals surface area contributed by atoms with Gasteiger partial charge in [-0.05, 0) is 46.1 Å². The van der Waals surface area contributed by atoms with Gasteiger partial charge in [0.05, 0.1) is 14.9 Å². The zero-order chi connectivity index (χ0) is 12.6. The van der Waals surface area contributed by atoms with Crippen LogP contribution in [0.5, 0.6) is 0 Å². The molecule has 1 unspecified atom stereocenters. The molecule has 0 aliphatic rings. The lowest BCUT2D eigenvalue weighted by Gasteiger charge is -2.12. The minimum atomic E-state index is -0.239. The largest absolute Gasteiger partial charge is 0.320 e. The van der Waals surface area contributed by atoms with Gasteiger partial charge >= 0.3 is 0 Å². The summed E-state index contributed by atoms with van der Waals surface area (Å²) in [6, 6.07) is 7.52. The molecule has 0 saturated carbocycles. The lowest BCUT2D eigenvalue weighted by molar-refractivity contribution is 0.893. The third-order valence-corrected chi connectivity index (χ3v) is 5.35. The Morgan fingerprint density at radius 3 is 2.47 bits per heavy atom. The maximum Gasteiger partial charge on any atom is 0.0888 e. The number of hydrogen-bond acceptors (Lipinski definition) is 2. The summed E-state index contributed by atoms with van der Waals surface area (Å²) in [7, 11) is 0. The summed E-state index contributed by atoms with van der Waals surface area (Å²) in [6.07, 6.45) is 0. The van der Waals surface area contributed by atoms with E-state index in [-0.39, 0.29) is 6.04 Å². The first kappa shape index (κ1) is 13.4. The van der Waals surface area contributed by atoms with Crippen LogP contribution in [0.3, 0.4) is 0 Å². The van der Waals surface area contributed by atoms with Crippen molar-refractivity contribution in [3.8, 4) is 0 Å². The monoisotopic (exact) mass is 349 g/mol. The fraction of sp³-hybridized carbons (Fsp3) is 0.167. The fourth-order valence-corrected chi connectivity index (χ4v) is 3.67. The Morgan fingerprint density at radius 1 is 1.24 bits per heavy atom. The van der Waals surface area contributed by atoms with Crippen LogP contribution in [0.4, 0.5) is 0 Å². The minimum Gasteiger partial charge on any atom is -0.320 e. The highest BCUT2D eigenvalue weighted by molar-refractivity contribution is 9.11. The quantitative estimate of drug-likeness (QED) is 0.793. The van der Waals surface area contributed by atoms with E-state index < -0.39 is 0 Å². The lowest BCUT2D eigenvalue weighted by Crippen LogP contribution is -2.10. The van der Waals surface area contributed by atoms with E-state index in [1.54, 1.807) is 0 Å². The van der Waals surface area contributed by atoms with Gasteiger partial charge < -0.3 is 5.73 Å². The first-order chi connectivity index (χ1) is 7.99. The van der Waals surface area contributed by atoms with E-state index >= 15 is 0 Å². The fourth-order valence-electron chi connectivity index (χ4n) is 1.55. The normalized spacial score (nSPS) is 12.8. The van der Waals surface area contributed by atoms with Crippen molar-refractivity contribution in [2.24, 2.45) is 5.73 Å². The minimum absolute atomic E-state index is 0.239. The second-order valence-corrected chi connectivity index (χ2v) is 6.99. The molecular weight excluding hydrogens is 341 g/mol. The number of hydrogen-bond donors (Lipinski definition) is 1. The Balaban J connectivity index is 2.39. The van der Waals surface area contributed by atoms with Crippen molar-refractivity contribution in [3.63, 3.8) is 0 Å². The van der Waals surface area contributed by atoms with Crippen LogP contribution in [0.25, 0.3) is 0 Å². The van der Waals surface area contributed by atoms with Crippen LogP contribution < -0.4 is 5.73 Å². The molecule has 1 atom stereocenters. The average Bonchev–Trinajstić information content (AvgIpc) is 2.58. The molecule has 5 heteroatoms. The molecule has 0 spiro atoms. The molecule has 2 rings (SSSR count). The van der Waals surface area contributed by atoms with E-state index in [1.165, 1.54) is 11.3 Å². The Kier molecular flexibility index (Phi) is 4.16. The summed E-state index contributed by atoms with van der Waals surface area (Å²) in [5.41, 5.74) is 8.24. The van der Waals surface area contributed by atoms with Gasteiger partial charge in [-0.25, -0.2) is 0 Å². The van der Waals surface area contributed by atoms with Crippen molar-refractivity contribution < 1.29 is 0 Å². The van der Waals surface area contributed by atoms with Crippen LogP contribution >= 0.6 is 50.5 Å². The standard InChI is InChI=1S/C12H10BrCl2NS/c1-6-2-3-7(8(14)4-6)11(16)10-5-9(15)12(13)17-10/h2-5,11H,16H2,1H3. The molecule has 1 nitrogen and oxygen atoms in total. The molecule has 90 valence electrons. The van der Waals surface area contributed by atoms with Gasteiger partial charge in [-0.1, -0.05) is 35.3 Å². The molecule has 1 aromatic heterocycles. The van der Waals surface area contributed by atoms with E-state index in [1.807, 2.05) is 31.2 Å². The smallest absolute Gasteiger partial charge is 0.0888 e. The third-order valence-electron chi connectivity index (χ3n) is 2.46. The van der Waals surface area contributed by atoms with Gasteiger partial charge in [-0.15, -0.1) is 11.3 Å². The van der Waals surface area contributed by atoms with Gasteiger partial charge in [0.25, 0.3) is 0 Å². The molecule has 17 heavy (non-hydrogen) atoms. The highest BCUT2D eigenvalue weighted by Crippen LogP contribution is 2.37. The predicted octanol–water partition coefficient (Wildman–Crippen LogP) is 5.17. The first-order valence-electron chi connectivity index (χ1n) is 4.95. The summed E-state index contributed by atoms with van der Waals surface area (Å²) in [5, 5.41) is 1.38. The number of aryl methyl sites for hydroxylation is 1. The van der Waals surface area contributed by atoms with Crippen LogP contribution in [0, 0.1) is 6.92 Å². The molecule has 0 amide bonds. The Hall–Kier alpha value is -0.0600. The van der Waals surface area contributed by atoms with E-state index in [9.17, 15) is 0 Å². The van der Waals surface area contributed by atoms with Crippen LogP contribution in [0.15, 0.2) is 28.1 Å². The van der Waals surface area contributed by atoms with Gasteiger partial charge in [-0.2, -0.15) is 0 Å². The van der Waals surface area contributed by atoms with Crippen LogP contribution in [-0.4, -0.2) is 0 Å². The molecule has 1 aromatic carbocycles. The SMILES string of the molecule is Cc1ccc(C(N)c2cc(Cl)c(Br)s2)c(Cl)c1. The summed E-state index contributed by atoms with van der Waals surface area (Å²) >= 11 is 17.1. The van der Waals surface area contributed by atoms with Crippen molar-refractivity contribution >= 4 is 50.5 Å². The van der Waals surface area contributed by atoms with E-state index in [0.717, 1.165) is 19.8 Å².